The first-order valence-electron chi connectivity index (χ1n) is 7.24. The van der Waals surface area contributed by atoms with Crippen LogP contribution in [0.15, 0.2) is 6.20 Å². The van der Waals surface area contributed by atoms with Crippen molar-refractivity contribution in [2.45, 2.75) is 26.3 Å². The monoisotopic (exact) mass is 336 g/mol. The summed E-state index contributed by atoms with van der Waals surface area (Å²) in [7, 11) is 2.82. The number of hydrogen-bond acceptors (Lipinski definition) is 6. The summed E-state index contributed by atoms with van der Waals surface area (Å²) in [6.45, 7) is 3.44. The standard InChI is InChI=1S/C15H20N4O5/c1-5-24-14(21)13-12(10(7-16)8-19(13)3)18-15(22)17-9(2)6-11(20)23-4/h8-9H,5-6H2,1-4H3,(H2,17,18,22)/t9-/m1/s1. The van der Waals surface area contributed by atoms with E-state index >= 15 is 0 Å². The lowest BCUT2D eigenvalue weighted by molar-refractivity contribution is -0.141. The minimum atomic E-state index is -0.653. The largest absolute Gasteiger partial charge is 0.469 e. The zero-order chi connectivity index (χ0) is 18.3. The molecule has 9 heteroatoms. The molecule has 1 aromatic rings. The lowest BCUT2D eigenvalue weighted by Crippen LogP contribution is -2.38. The Labute approximate surface area is 139 Å². The lowest BCUT2D eigenvalue weighted by atomic mass is 10.2. The molecule has 1 atom stereocenters. The van der Waals surface area contributed by atoms with Crippen LogP contribution in [0.4, 0.5) is 10.5 Å². The molecule has 0 radical (unpaired) electrons. The second kappa shape index (κ2) is 8.57. The second-order valence-electron chi connectivity index (χ2n) is 4.99. The van der Waals surface area contributed by atoms with Gasteiger partial charge in [0, 0.05) is 19.3 Å². The van der Waals surface area contributed by atoms with E-state index in [0.29, 0.717) is 0 Å². The van der Waals surface area contributed by atoms with Crippen LogP contribution < -0.4 is 10.6 Å². The summed E-state index contributed by atoms with van der Waals surface area (Å²) < 4.78 is 10.9. The minimum absolute atomic E-state index is 0.00541. The third-order valence-electron chi connectivity index (χ3n) is 3.09. The molecule has 0 aliphatic rings. The number of esters is 2. The van der Waals surface area contributed by atoms with Gasteiger partial charge in [-0.1, -0.05) is 0 Å². The number of carbonyl (C=O) groups is 3. The molecule has 2 amide bonds. The Morgan fingerprint density at radius 1 is 1.42 bits per heavy atom. The average molecular weight is 336 g/mol. The van der Waals surface area contributed by atoms with Crippen molar-refractivity contribution < 1.29 is 23.9 Å². The maximum atomic E-state index is 12.1. The number of aromatic nitrogens is 1. The van der Waals surface area contributed by atoms with Gasteiger partial charge in [-0.2, -0.15) is 5.26 Å². The van der Waals surface area contributed by atoms with Crippen LogP contribution in [0.25, 0.3) is 0 Å². The maximum absolute atomic E-state index is 12.1. The summed E-state index contributed by atoms with van der Waals surface area (Å²) >= 11 is 0. The van der Waals surface area contributed by atoms with Crippen molar-refractivity contribution in [1.29, 1.82) is 5.26 Å². The molecule has 0 unspecified atom stereocenters. The van der Waals surface area contributed by atoms with Gasteiger partial charge in [-0.25, -0.2) is 9.59 Å². The number of nitrogens with one attached hydrogen (secondary N) is 2. The van der Waals surface area contributed by atoms with Crippen molar-refractivity contribution in [2.24, 2.45) is 7.05 Å². The summed E-state index contributed by atoms with van der Waals surface area (Å²) in [5, 5.41) is 14.2. The van der Waals surface area contributed by atoms with Crippen LogP contribution in [0, 0.1) is 11.3 Å². The van der Waals surface area contributed by atoms with E-state index in [9.17, 15) is 14.4 Å². The quantitative estimate of drug-likeness (QED) is 0.751. The molecule has 1 rings (SSSR count). The highest BCUT2D eigenvalue weighted by atomic mass is 16.5. The first-order valence-corrected chi connectivity index (χ1v) is 7.24. The Balaban J connectivity index is 2.93. The van der Waals surface area contributed by atoms with Crippen LogP contribution in [0.1, 0.15) is 36.3 Å². The van der Waals surface area contributed by atoms with Gasteiger partial charge in [0.2, 0.25) is 0 Å². The summed E-state index contributed by atoms with van der Waals surface area (Å²) in [4.78, 5) is 35.3. The number of carbonyl (C=O) groups excluding carboxylic acids is 3. The highest BCUT2D eigenvalue weighted by Crippen LogP contribution is 2.23. The summed E-state index contributed by atoms with van der Waals surface area (Å²) in [5.41, 5.74) is 0.238. The number of amides is 2. The number of ether oxygens (including phenoxy) is 2. The van der Waals surface area contributed by atoms with Crippen LogP contribution >= 0.6 is 0 Å². The fourth-order valence-electron chi connectivity index (χ4n) is 2.04. The predicted octanol–water partition coefficient (Wildman–Crippen LogP) is 1.15. The number of nitriles is 1. The zero-order valence-corrected chi connectivity index (χ0v) is 14.0. The van der Waals surface area contributed by atoms with Crippen molar-refractivity contribution in [2.75, 3.05) is 19.0 Å². The average Bonchev–Trinajstić information content (AvgIpc) is 2.82. The van der Waals surface area contributed by atoms with Crippen LogP contribution in [-0.4, -0.2) is 42.3 Å². The molecule has 0 saturated heterocycles. The number of anilines is 1. The Kier molecular flexibility index (Phi) is 6.79. The fraction of sp³-hybridized carbons (Fsp3) is 0.467. The maximum Gasteiger partial charge on any atom is 0.357 e. The van der Waals surface area contributed by atoms with E-state index in [2.05, 4.69) is 15.4 Å². The highest BCUT2D eigenvalue weighted by molar-refractivity contribution is 6.01. The number of methoxy groups -OCH3 is 1. The first kappa shape index (κ1) is 19.0. The Bertz CT molecular complexity index is 674. The van der Waals surface area contributed by atoms with E-state index in [4.69, 9.17) is 10.00 Å². The Morgan fingerprint density at radius 3 is 2.62 bits per heavy atom. The fourth-order valence-corrected chi connectivity index (χ4v) is 2.04. The van der Waals surface area contributed by atoms with Crippen LogP contribution in [-0.2, 0) is 21.3 Å². The van der Waals surface area contributed by atoms with Gasteiger partial charge in [0.1, 0.15) is 6.07 Å². The molecule has 0 aliphatic carbocycles. The SMILES string of the molecule is CCOC(=O)c1c(NC(=O)N[C@H](C)CC(=O)OC)c(C#N)cn1C. The van der Waals surface area contributed by atoms with Gasteiger partial charge in [-0.3, -0.25) is 4.79 Å². The van der Waals surface area contributed by atoms with Gasteiger partial charge < -0.3 is 24.7 Å². The smallest absolute Gasteiger partial charge is 0.357 e. The van der Waals surface area contributed by atoms with E-state index in [-0.39, 0.29) is 30.0 Å². The highest BCUT2D eigenvalue weighted by Gasteiger charge is 2.23. The molecule has 2 N–H and O–H groups in total. The van der Waals surface area contributed by atoms with Gasteiger partial charge in [-0.05, 0) is 13.8 Å². The zero-order valence-electron chi connectivity index (χ0n) is 14.0. The van der Waals surface area contributed by atoms with Crippen molar-refractivity contribution in [3.8, 4) is 6.07 Å². The second-order valence-corrected chi connectivity index (χ2v) is 4.99. The van der Waals surface area contributed by atoms with Crippen molar-refractivity contribution in [3.05, 3.63) is 17.5 Å². The van der Waals surface area contributed by atoms with E-state index in [1.54, 1.807) is 20.9 Å². The number of aryl methyl sites for hydroxylation is 1. The van der Waals surface area contributed by atoms with Gasteiger partial charge in [-0.15, -0.1) is 0 Å². The number of rotatable bonds is 6. The summed E-state index contributed by atoms with van der Waals surface area (Å²) in [6, 6.07) is 0.767. The van der Waals surface area contributed by atoms with E-state index in [0.717, 1.165) is 0 Å². The lowest BCUT2D eigenvalue weighted by Gasteiger charge is -2.14. The molecule has 9 nitrogen and oxygen atoms in total. The molecule has 0 aromatic carbocycles. The van der Waals surface area contributed by atoms with Gasteiger partial charge in [0.25, 0.3) is 0 Å². The van der Waals surface area contributed by atoms with Crippen LogP contribution in [0.2, 0.25) is 0 Å². The van der Waals surface area contributed by atoms with Gasteiger partial charge >= 0.3 is 18.0 Å². The van der Waals surface area contributed by atoms with E-state index < -0.39 is 24.0 Å². The molecular weight excluding hydrogens is 316 g/mol. The Hall–Kier alpha value is -3.02. The van der Waals surface area contributed by atoms with Crippen molar-refractivity contribution in [1.82, 2.24) is 9.88 Å². The molecule has 0 aliphatic heterocycles. The van der Waals surface area contributed by atoms with Gasteiger partial charge in [0.15, 0.2) is 5.69 Å². The number of nitrogens with zero attached hydrogens (tertiary/aromatic N) is 2. The van der Waals surface area contributed by atoms with E-state index in [1.165, 1.54) is 17.9 Å². The number of urea groups is 1. The van der Waals surface area contributed by atoms with E-state index in [1.807, 2.05) is 6.07 Å². The first-order chi connectivity index (χ1) is 11.3. The number of hydrogen-bond donors (Lipinski definition) is 2. The molecule has 1 heterocycles. The molecule has 0 bridgehead atoms. The Morgan fingerprint density at radius 2 is 2.08 bits per heavy atom. The molecule has 0 spiro atoms. The third kappa shape index (κ3) is 4.74. The molecule has 24 heavy (non-hydrogen) atoms. The molecular formula is C15H20N4O5. The van der Waals surface area contributed by atoms with Crippen LogP contribution in [0.3, 0.4) is 0 Å². The summed E-state index contributed by atoms with van der Waals surface area (Å²) in [6.07, 6.45) is 1.41. The summed E-state index contributed by atoms with van der Waals surface area (Å²) in [5.74, 6) is -1.12. The molecule has 1 aromatic heterocycles. The van der Waals surface area contributed by atoms with Crippen molar-refractivity contribution >= 4 is 23.7 Å². The molecule has 0 saturated carbocycles. The molecule has 0 fully saturated rings. The normalized spacial score (nSPS) is 11.1. The van der Waals surface area contributed by atoms with Crippen molar-refractivity contribution in [3.63, 3.8) is 0 Å². The molecule has 130 valence electrons. The predicted molar refractivity (Wildman–Crippen MR) is 84.3 cm³/mol. The van der Waals surface area contributed by atoms with Gasteiger partial charge in [0.05, 0.1) is 31.4 Å². The minimum Gasteiger partial charge on any atom is -0.469 e. The topological polar surface area (TPSA) is 122 Å². The third-order valence-corrected chi connectivity index (χ3v) is 3.09. The van der Waals surface area contributed by atoms with Crippen LogP contribution in [0.5, 0.6) is 0 Å².